The molecule has 2 rings (SSSR count). The van der Waals surface area contributed by atoms with Crippen molar-refractivity contribution in [1.29, 1.82) is 0 Å². The van der Waals surface area contributed by atoms with Crippen molar-refractivity contribution in [2.75, 3.05) is 20.8 Å². The molecule has 6 nitrogen and oxygen atoms in total. The number of aryl methyl sites for hydroxylation is 2. The second kappa shape index (κ2) is 9.62. The molecule has 0 saturated heterocycles. The van der Waals surface area contributed by atoms with Gasteiger partial charge >= 0.3 is 0 Å². The first-order valence-corrected chi connectivity index (χ1v) is 8.68. The smallest absolute Gasteiger partial charge is 0.261 e. The number of amides is 1. The van der Waals surface area contributed by atoms with Crippen molar-refractivity contribution in [3.63, 3.8) is 0 Å². The highest BCUT2D eigenvalue weighted by Gasteiger charge is 2.10. The molecule has 0 aliphatic carbocycles. The molecule has 1 N–H and O–H groups in total. The topological polar surface area (TPSA) is 69.2 Å². The molecule has 144 valence electrons. The third-order valence-corrected chi connectivity index (χ3v) is 4.29. The van der Waals surface area contributed by atoms with Crippen molar-refractivity contribution >= 4 is 12.1 Å². The molecule has 1 unspecified atom stereocenters. The molecule has 0 radical (unpaired) electrons. The van der Waals surface area contributed by atoms with Crippen LogP contribution in [0.25, 0.3) is 0 Å². The number of nitrogens with zero attached hydrogens (tertiary/aromatic N) is 1. The lowest BCUT2D eigenvalue weighted by atomic mass is 10.0. The fourth-order valence-electron chi connectivity index (χ4n) is 2.53. The van der Waals surface area contributed by atoms with Gasteiger partial charge in [0.2, 0.25) is 0 Å². The van der Waals surface area contributed by atoms with E-state index in [-0.39, 0.29) is 18.6 Å². The average molecular weight is 370 g/mol. The van der Waals surface area contributed by atoms with Crippen molar-refractivity contribution in [1.82, 2.24) is 5.32 Å². The van der Waals surface area contributed by atoms with Gasteiger partial charge in [0.25, 0.3) is 5.91 Å². The fraction of sp³-hybridized carbons (Fsp3) is 0.333. The Morgan fingerprint density at radius 1 is 1.07 bits per heavy atom. The van der Waals surface area contributed by atoms with Crippen LogP contribution in [0.4, 0.5) is 0 Å². The predicted molar refractivity (Wildman–Crippen MR) is 106 cm³/mol. The highest BCUT2D eigenvalue weighted by Crippen LogP contribution is 2.26. The SMILES string of the molecule is COc1ccc(/C=N/OCC(=O)NC(C)c2ccc(C)c(C)c2)cc1OC. The molecule has 0 aromatic heterocycles. The molecular weight excluding hydrogens is 344 g/mol. The van der Waals surface area contributed by atoms with Gasteiger partial charge in [-0.1, -0.05) is 23.4 Å². The van der Waals surface area contributed by atoms with E-state index in [1.54, 1.807) is 26.4 Å². The van der Waals surface area contributed by atoms with E-state index in [1.165, 1.54) is 17.3 Å². The van der Waals surface area contributed by atoms with E-state index in [4.69, 9.17) is 14.3 Å². The Morgan fingerprint density at radius 2 is 1.81 bits per heavy atom. The first kappa shape index (κ1) is 20.3. The van der Waals surface area contributed by atoms with Gasteiger partial charge in [0.15, 0.2) is 18.1 Å². The second-order valence-corrected chi connectivity index (χ2v) is 6.26. The second-order valence-electron chi connectivity index (χ2n) is 6.26. The van der Waals surface area contributed by atoms with Crippen LogP contribution in [0.1, 0.15) is 35.2 Å². The van der Waals surface area contributed by atoms with E-state index in [9.17, 15) is 4.79 Å². The quantitative estimate of drug-likeness (QED) is 0.570. The Kier molecular flexibility index (Phi) is 7.23. The summed E-state index contributed by atoms with van der Waals surface area (Å²) in [6, 6.07) is 11.4. The first-order chi connectivity index (χ1) is 12.9. The summed E-state index contributed by atoms with van der Waals surface area (Å²) in [5, 5.41) is 6.74. The highest BCUT2D eigenvalue weighted by molar-refractivity contribution is 5.81. The van der Waals surface area contributed by atoms with Crippen LogP contribution < -0.4 is 14.8 Å². The number of methoxy groups -OCH3 is 2. The summed E-state index contributed by atoms with van der Waals surface area (Å²) >= 11 is 0. The van der Waals surface area contributed by atoms with Crippen LogP contribution in [0.2, 0.25) is 0 Å². The van der Waals surface area contributed by atoms with Gasteiger partial charge < -0.3 is 19.6 Å². The Hall–Kier alpha value is -3.02. The van der Waals surface area contributed by atoms with E-state index < -0.39 is 0 Å². The third kappa shape index (κ3) is 5.74. The number of hydrogen-bond acceptors (Lipinski definition) is 5. The molecule has 2 aromatic carbocycles. The standard InChI is InChI=1S/C21H26N2O4/c1-14-6-8-18(10-15(14)2)16(3)23-21(24)13-27-22-12-17-7-9-19(25-4)20(11-17)26-5/h6-12,16H,13H2,1-5H3,(H,23,24)/b22-12+. The van der Waals surface area contributed by atoms with Gasteiger partial charge in [-0.05, 0) is 55.7 Å². The zero-order valence-electron chi connectivity index (χ0n) is 16.4. The van der Waals surface area contributed by atoms with Gasteiger partial charge in [-0.3, -0.25) is 4.79 Å². The van der Waals surface area contributed by atoms with Crippen molar-refractivity contribution in [2.45, 2.75) is 26.8 Å². The molecule has 0 bridgehead atoms. The number of nitrogens with one attached hydrogen (secondary N) is 1. The van der Waals surface area contributed by atoms with Crippen LogP contribution in [0.3, 0.4) is 0 Å². The monoisotopic (exact) mass is 370 g/mol. The Bertz CT molecular complexity index is 818. The largest absolute Gasteiger partial charge is 0.493 e. The summed E-state index contributed by atoms with van der Waals surface area (Å²) in [5.41, 5.74) is 4.26. The Balaban J connectivity index is 1.84. The normalized spacial score (nSPS) is 11.9. The summed E-state index contributed by atoms with van der Waals surface area (Å²) in [5.74, 6) is 1.00. The molecule has 1 amide bonds. The van der Waals surface area contributed by atoms with Crippen molar-refractivity contribution in [2.24, 2.45) is 5.16 Å². The van der Waals surface area contributed by atoms with Crippen LogP contribution in [0.5, 0.6) is 11.5 Å². The first-order valence-electron chi connectivity index (χ1n) is 8.68. The highest BCUT2D eigenvalue weighted by atomic mass is 16.6. The number of ether oxygens (including phenoxy) is 2. The number of carbonyl (C=O) groups is 1. The Labute approximate surface area is 160 Å². The van der Waals surface area contributed by atoms with Gasteiger partial charge in [-0.15, -0.1) is 0 Å². The molecule has 0 spiro atoms. The maximum atomic E-state index is 12.0. The Morgan fingerprint density at radius 3 is 2.48 bits per heavy atom. The molecular formula is C21H26N2O4. The molecule has 6 heteroatoms. The van der Waals surface area contributed by atoms with Crippen molar-refractivity contribution in [3.05, 3.63) is 58.7 Å². The zero-order chi connectivity index (χ0) is 19.8. The van der Waals surface area contributed by atoms with Crippen LogP contribution in [-0.4, -0.2) is 32.9 Å². The van der Waals surface area contributed by atoms with E-state index in [0.29, 0.717) is 11.5 Å². The minimum atomic E-state index is -0.231. The molecule has 1 atom stereocenters. The van der Waals surface area contributed by atoms with Gasteiger partial charge in [0.05, 0.1) is 26.5 Å². The van der Waals surface area contributed by atoms with Gasteiger partial charge in [0.1, 0.15) is 0 Å². The maximum Gasteiger partial charge on any atom is 0.261 e. The molecule has 0 aliphatic heterocycles. The van der Waals surface area contributed by atoms with Crippen LogP contribution in [-0.2, 0) is 9.63 Å². The summed E-state index contributed by atoms with van der Waals surface area (Å²) in [4.78, 5) is 17.1. The van der Waals surface area contributed by atoms with Crippen molar-refractivity contribution in [3.8, 4) is 11.5 Å². The number of carbonyl (C=O) groups excluding carboxylic acids is 1. The fourth-order valence-corrected chi connectivity index (χ4v) is 2.53. The van der Waals surface area contributed by atoms with E-state index in [0.717, 1.165) is 11.1 Å². The summed E-state index contributed by atoms with van der Waals surface area (Å²) < 4.78 is 10.4. The molecule has 2 aromatic rings. The van der Waals surface area contributed by atoms with E-state index in [2.05, 4.69) is 36.5 Å². The number of hydrogen-bond donors (Lipinski definition) is 1. The molecule has 0 fully saturated rings. The minimum Gasteiger partial charge on any atom is -0.493 e. The van der Waals surface area contributed by atoms with Crippen molar-refractivity contribution < 1.29 is 19.1 Å². The van der Waals surface area contributed by atoms with Crippen LogP contribution in [0, 0.1) is 13.8 Å². The number of oxime groups is 1. The lowest BCUT2D eigenvalue weighted by molar-refractivity contribution is -0.126. The summed E-state index contributed by atoms with van der Waals surface area (Å²) in [7, 11) is 3.14. The molecule has 0 aliphatic rings. The third-order valence-electron chi connectivity index (χ3n) is 4.29. The van der Waals surface area contributed by atoms with Crippen LogP contribution in [0.15, 0.2) is 41.6 Å². The van der Waals surface area contributed by atoms with Gasteiger partial charge in [-0.2, -0.15) is 0 Å². The number of rotatable bonds is 8. The zero-order valence-corrected chi connectivity index (χ0v) is 16.4. The van der Waals surface area contributed by atoms with E-state index >= 15 is 0 Å². The van der Waals surface area contributed by atoms with E-state index in [1.807, 2.05) is 19.1 Å². The average Bonchev–Trinajstić information content (AvgIpc) is 2.67. The summed E-state index contributed by atoms with van der Waals surface area (Å²) in [6.45, 7) is 5.90. The van der Waals surface area contributed by atoms with Gasteiger partial charge in [-0.25, -0.2) is 0 Å². The van der Waals surface area contributed by atoms with Crippen LogP contribution >= 0.6 is 0 Å². The van der Waals surface area contributed by atoms with Gasteiger partial charge in [0, 0.05) is 5.56 Å². The molecule has 27 heavy (non-hydrogen) atoms. The predicted octanol–water partition coefficient (Wildman–Crippen LogP) is 3.55. The maximum absolute atomic E-state index is 12.0. The lowest BCUT2D eigenvalue weighted by Gasteiger charge is -2.15. The minimum absolute atomic E-state index is 0.102. The molecule has 0 saturated carbocycles. The number of benzene rings is 2. The lowest BCUT2D eigenvalue weighted by Crippen LogP contribution is -2.29. The molecule has 0 heterocycles. The summed E-state index contributed by atoms with van der Waals surface area (Å²) in [6.07, 6.45) is 1.52.